The molecule has 0 saturated carbocycles. The summed E-state index contributed by atoms with van der Waals surface area (Å²) in [7, 11) is -1.40. The zero-order valence-electron chi connectivity index (χ0n) is 38.1. The van der Waals surface area contributed by atoms with Gasteiger partial charge in [-0.1, -0.05) is 67.7 Å². The van der Waals surface area contributed by atoms with E-state index in [-0.39, 0.29) is 89.7 Å². The summed E-state index contributed by atoms with van der Waals surface area (Å²) in [5, 5.41) is 24.8. The number of hydrogen-bond donors (Lipinski definition) is 0. The zero-order valence-corrected chi connectivity index (χ0v) is 45.1. The van der Waals surface area contributed by atoms with Crippen LogP contribution in [0.4, 0.5) is 8.78 Å². The monoisotopic (exact) mass is 1050 g/mol. The maximum absolute atomic E-state index is 13.0. The van der Waals surface area contributed by atoms with Gasteiger partial charge in [-0.05, 0) is 125 Å². The Labute approximate surface area is 437 Å². The van der Waals surface area contributed by atoms with Gasteiger partial charge in [0.05, 0.1) is 50.2 Å². The van der Waals surface area contributed by atoms with Crippen LogP contribution in [0, 0.1) is 11.9 Å². The first-order valence-electron chi connectivity index (χ1n) is 19.8. The van der Waals surface area contributed by atoms with Gasteiger partial charge in [0.2, 0.25) is 11.9 Å². The zero-order chi connectivity index (χ0) is 45.6. The van der Waals surface area contributed by atoms with Crippen molar-refractivity contribution in [1.29, 1.82) is 0 Å². The van der Waals surface area contributed by atoms with Gasteiger partial charge in [0, 0.05) is 37.2 Å². The van der Waals surface area contributed by atoms with E-state index in [0.29, 0.717) is 21.6 Å². The Morgan fingerprint density at radius 3 is 1.19 bits per heavy atom. The van der Waals surface area contributed by atoms with E-state index in [9.17, 15) is 8.78 Å². The van der Waals surface area contributed by atoms with E-state index in [4.69, 9.17) is 39.5 Å². The average Bonchev–Trinajstić information content (AvgIpc) is 3.64. The third kappa shape index (κ3) is 12.7. The predicted molar refractivity (Wildman–Crippen MR) is 247 cm³/mol. The van der Waals surface area contributed by atoms with Crippen LogP contribution in [0.25, 0.3) is 32.7 Å². The van der Waals surface area contributed by atoms with E-state index in [2.05, 4.69) is 62.5 Å². The van der Waals surface area contributed by atoms with Crippen LogP contribution in [0.1, 0.15) is 83.1 Å². The standard InChI is InChI=1S/C14H16BFN2O2.C12H24B2O4.C8H4BrClN2.C8H4BrFN2.FH.K/c1-13(2)14(3,4)20-15(19-13)10-6-5-9-7-12(16)18-17-11(9)8-10;1-9(2)10(3,4)16-13(15-9)14-17-11(5,6)12(7,8)18-14;2*9-6-2-1-5-3-8(10)12-11-7(5)4-6;;/h5-8H,1-4H3;1-8H3;2*1-4H;1H;/q;;;;;+1/p-1. The number of rotatable bonds is 2. The Morgan fingerprint density at radius 2 is 0.781 bits per heavy atom. The Balaban J connectivity index is 0.000000189. The van der Waals surface area contributed by atoms with Crippen molar-refractivity contribution in [3.05, 3.63) is 98.8 Å². The van der Waals surface area contributed by atoms with Gasteiger partial charge in [-0.3, -0.25) is 0 Å². The van der Waals surface area contributed by atoms with Crippen LogP contribution >= 0.6 is 43.5 Å². The van der Waals surface area contributed by atoms with E-state index in [1.54, 1.807) is 24.3 Å². The minimum Gasteiger partial charge on any atom is -1.00 e. The van der Waals surface area contributed by atoms with Gasteiger partial charge < -0.3 is 32.6 Å². The SMILES string of the molecule is CC1(C)OB(B2OC(C)(C)C(C)(C)O2)OC1(C)C.CC1(C)OB(c2ccc3cc(F)nnc3c2)OC1(C)C.Clc1cc2ccc(Br)cc2nn1.Fc1cc2ccc(Br)cc2nn1.[F-].[K+]. The molecular formula is C42H48B3Br2ClF3KN6O6. The summed E-state index contributed by atoms with van der Waals surface area (Å²) < 4.78 is 63.3. The molecule has 3 fully saturated rings. The van der Waals surface area contributed by atoms with Gasteiger partial charge in [-0.25, -0.2) is 0 Å². The van der Waals surface area contributed by atoms with Crippen molar-refractivity contribution < 1.29 is 92.8 Å². The van der Waals surface area contributed by atoms with E-state index >= 15 is 0 Å². The second-order valence-electron chi connectivity index (χ2n) is 18.1. The number of nitrogens with zero attached hydrogens (tertiary/aromatic N) is 6. The number of fused-ring (bicyclic) bond motifs is 3. The molecule has 3 saturated heterocycles. The molecule has 0 unspecified atom stereocenters. The Kier molecular flexibility index (Phi) is 17.9. The Hall–Kier alpha value is -1.69. The second kappa shape index (κ2) is 20.9. The van der Waals surface area contributed by atoms with Gasteiger partial charge in [0.15, 0.2) is 5.15 Å². The van der Waals surface area contributed by atoms with E-state index in [1.807, 2.05) is 119 Å². The molecule has 334 valence electrons. The number of hydrogen-bond acceptors (Lipinski definition) is 12. The first kappa shape index (κ1) is 54.9. The summed E-state index contributed by atoms with van der Waals surface area (Å²) in [5.41, 5.74) is 0.794. The summed E-state index contributed by atoms with van der Waals surface area (Å²) in [6, 6.07) is 21.2. The molecule has 0 atom stereocenters. The quantitative estimate of drug-likeness (QED) is 0.233. The molecule has 0 aliphatic carbocycles. The maximum atomic E-state index is 13.0. The molecule has 3 aromatic heterocycles. The topological polar surface area (TPSA) is 133 Å². The molecule has 3 aromatic carbocycles. The van der Waals surface area contributed by atoms with Gasteiger partial charge in [-0.2, -0.15) is 8.78 Å². The molecule has 12 nitrogen and oxygen atoms in total. The van der Waals surface area contributed by atoms with Crippen LogP contribution in [0.5, 0.6) is 0 Å². The van der Waals surface area contributed by atoms with Crippen molar-refractivity contribution in [2.45, 2.75) is 117 Å². The summed E-state index contributed by atoms with van der Waals surface area (Å²) in [6.07, 6.45) is 0. The van der Waals surface area contributed by atoms with Gasteiger partial charge in [0.25, 0.3) is 0 Å². The first-order valence-corrected chi connectivity index (χ1v) is 21.8. The maximum Gasteiger partial charge on any atom is 1.00 e. The Bertz CT molecular complexity index is 2360. The molecule has 0 radical (unpaired) electrons. The number of aromatic nitrogens is 6. The van der Waals surface area contributed by atoms with Crippen LogP contribution in [0.3, 0.4) is 0 Å². The average molecular weight is 1060 g/mol. The van der Waals surface area contributed by atoms with Crippen molar-refractivity contribution in [1.82, 2.24) is 30.6 Å². The molecule has 0 N–H and O–H groups in total. The summed E-state index contributed by atoms with van der Waals surface area (Å²) >= 11 is 12.3. The first-order chi connectivity index (χ1) is 28.7. The number of halogens is 6. The van der Waals surface area contributed by atoms with Crippen molar-refractivity contribution in [2.24, 2.45) is 0 Å². The molecule has 3 aliphatic rings. The van der Waals surface area contributed by atoms with E-state index < -0.39 is 33.0 Å². The van der Waals surface area contributed by atoms with Gasteiger partial charge in [-0.15, -0.1) is 30.6 Å². The fourth-order valence-electron chi connectivity index (χ4n) is 6.12. The smallest absolute Gasteiger partial charge is 1.00 e. The minimum atomic E-state index is -0.583. The number of benzene rings is 3. The van der Waals surface area contributed by atoms with Crippen molar-refractivity contribution in [3.63, 3.8) is 0 Å². The predicted octanol–water partition coefficient (Wildman–Crippen LogP) is 3.90. The summed E-state index contributed by atoms with van der Waals surface area (Å²) in [4.78, 5) is 0. The Morgan fingerprint density at radius 1 is 0.453 bits per heavy atom. The molecule has 9 rings (SSSR count). The van der Waals surface area contributed by atoms with E-state index in [1.165, 1.54) is 12.1 Å². The normalized spacial score (nSPS) is 19.4. The van der Waals surface area contributed by atoms with Crippen molar-refractivity contribution in [3.8, 4) is 0 Å². The molecular weight excluding hydrogens is 1010 g/mol. The van der Waals surface area contributed by atoms with Crippen LogP contribution in [-0.4, -0.2) is 85.3 Å². The summed E-state index contributed by atoms with van der Waals surface area (Å²) in [6.45, 7) is 24.2. The molecule has 0 amide bonds. The van der Waals surface area contributed by atoms with Crippen LogP contribution in [0.2, 0.25) is 5.15 Å². The second-order valence-corrected chi connectivity index (χ2v) is 20.3. The van der Waals surface area contributed by atoms with Gasteiger partial charge in [0.1, 0.15) is 0 Å². The van der Waals surface area contributed by atoms with Crippen LogP contribution in [0.15, 0.2) is 81.7 Å². The van der Waals surface area contributed by atoms with E-state index in [0.717, 1.165) is 30.7 Å². The molecule has 0 bridgehead atoms. The third-order valence-corrected chi connectivity index (χ3v) is 13.1. The molecule has 64 heavy (non-hydrogen) atoms. The third-order valence-electron chi connectivity index (χ3n) is 11.9. The molecule has 22 heteroatoms. The largest absolute Gasteiger partial charge is 1.00 e. The fourth-order valence-corrected chi connectivity index (χ4v) is 6.98. The van der Waals surface area contributed by atoms with Crippen LogP contribution < -0.4 is 61.6 Å². The van der Waals surface area contributed by atoms with Crippen molar-refractivity contribution >= 4 is 103 Å². The van der Waals surface area contributed by atoms with Crippen LogP contribution in [-0.2, 0) is 27.9 Å². The van der Waals surface area contributed by atoms with Gasteiger partial charge >= 0.3 is 72.5 Å². The molecule has 3 aliphatic heterocycles. The minimum absolute atomic E-state index is 0. The molecule has 6 aromatic rings. The molecule has 6 heterocycles. The van der Waals surface area contributed by atoms with Crippen molar-refractivity contribution in [2.75, 3.05) is 0 Å². The fraction of sp³-hybridized carbons (Fsp3) is 0.429. The molecule has 0 spiro atoms. The summed E-state index contributed by atoms with van der Waals surface area (Å²) in [5.74, 6) is -1.13.